The molecule has 2 amide bonds. The first-order chi connectivity index (χ1) is 24.0. The number of hydrogen-bond donors (Lipinski definition) is 1. The molecule has 4 unspecified atom stereocenters. The molecule has 0 radical (unpaired) electrons. The van der Waals surface area contributed by atoms with Crippen molar-refractivity contribution in [1.82, 2.24) is 0 Å². The van der Waals surface area contributed by atoms with Crippen LogP contribution in [0.2, 0.25) is 0 Å². The molecule has 254 valence electrons. The van der Waals surface area contributed by atoms with E-state index in [0.29, 0.717) is 45.1 Å². The first kappa shape index (κ1) is 32.7. The predicted octanol–water partition coefficient (Wildman–Crippen LogP) is 6.52. The van der Waals surface area contributed by atoms with Crippen LogP contribution in [0, 0.1) is 17.8 Å². The number of hydrogen-bond acceptors (Lipinski definition) is 10. The zero-order valence-electron chi connectivity index (χ0n) is 28.3. The number of ether oxygens (including phenoxy) is 2. The number of Topliss-reactive ketones (excluding diaryl/α,β-unsaturated/α-hetero) is 1. The first-order valence-electron chi connectivity index (χ1n) is 16.3. The van der Waals surface area contributed by atoms with Crippen LogP contribution in [0.15, 0.2) is 105 Å². The Balaban J connectivity index is 1.23. The number of rotatable bonds is 7. The van der Waals surface area contributed by atoms with E-state index in [9.17, 15) is 24.3 Å². The monoisotopic (exact) mass is 672 g/mol. The summed E-state index contributed by atoms with van der Waals surface area (Å²) in [6.07, 6.45) is 3.60. The van der Waals surface area contributed by atoms with Crippen LogP contribution in [0.1, 0.15) is 31.2 Å². The Morgan fingerprint density at radius 2 is 1.52 bits per heavy atom. The van der Waals surface area contributed by atoms with Crippen LogP contribution in [0.4, 0.5) is 22.7 Å². The average Bonchev–Trinajstić information content (AvgIpc) is 3.37. The van der Waals surface area contributed by atoms with Crippen LogP contribution >= 0.6 is 0 Å². The number of fused-ring (bicyclic) bond motifs is 3. The number of phenols is 1. The summed E-state index contributed by atoms with van der Waals surface area (Å²) in [5.74, 6) is -3.74. The Hall–Kier alpha value is -5.84. The van der Waals surface area contributed by atoms with Gasteiger partial charge < -0.3 is 19.5 Å². The molecular weight excluding hydrogens is 636 g/mol. The number of amides is 2. The molecule has 3 aliphatic carbocycles. The number of methoxy groups -OCH3 is 2. The maximum Gasteiger partial charge on any atom is 0.238 e. The van der Waals surface area contributed by atoms with Gasteiger partial charge in [-0.05, 0) is 80.3 Å². The summed E-state index contributed by atoms with van der Waals surface area (Å²) >= 11 is 0. The Bertz CT molecular complexity index is 2080. The van der Waals surface area contributed by atoms with Crippen LogP contribution in [0.5, 0.6) is 17.2 Å². The number of phenolic OH excluding ortho intramolecular Hbond substituents is 1. The van der Waals surface area contributed by atoms with Crippen LogP contribution in [0.3, 0.4) is 0 Å². The number of benzene rings is 3. The highest BCUT2D eigenvalue weighted by atomic mass is 16.5. The van der Waals surface area contributed by atoms with E-state index in [4.69, 9.17) is 9.47 Å². The fourth-order valence-corrected chi connectivity index (χ4v) is 7.73. The van der Waals surface area contributed by atoms with Gasteiger partial charge in [-0.3, -0.25) is 24.1 Å². The van der Waals surface area contributed by atoms with Crippen molar-refractivity contribution in [2.75, 3.05) is 38.1 Å². The van der Waals surface area contributed by atoms with E-state index in [-0.39, 0.29) is 53.3 Å². The quantitative estimate of drug-likeness (QED) is 0.130. The van der Waals surface area contributed by atoms with E-state index in [1.54, 1.807) is 37.3 Å². The molecule has 0 saturated carbocycles. The van der Waals surface area contributed by atoms with E-state index < -0.39 is 23.7 Å². The minimum absolute atomic E-state index is 0.121. The Morgan fingerprint density at radius 3 is 2.14 bits per heavy atom. The number of anilines is 2. The molecule has 0 aromatic heterocycles. The number of imide groups is 1. The van der Waals surface area contributed by atoms with Crippen molar-refractivity contribution >= 4 is 46.1 Å². The molecule has 11 nitrogen and oxygen atoms in total. The Morgan fingerprint density at radius 1 is 0.860 bits per heavy atom. The van der Waals surface area contributed by atoms with Gasteiger partial charge in [-0.25, -0.2) is 0 Å². The van der Waals surface area contributed by atoms with Crippen LogP contribution in [-0.4, -0.2) is 56.8 Å². The molecule has 3 aromatic carbocycles. The van der Waals surface area contributed by atoms with Crippen molar-refractivity contribution in [3.05, 3.63) is 101 Å². The Kier molecular flexibility index (Phi) is 8.21. The van der Waals surface area contributed by atoms with Crippen molar-refractivity contribution < 1.29 is 33.8 Å². The van der Waals surface area contributed by atoms with Crippen LogP contribution < -0.4 is 19.3 Å². The average molecular weight is 673 g/mol. The fourth-order valence-electron chi connectivity index (χ4n) is 7.73. The maximum absolute atomic E-state index is 14.3. The summed E-state index contributed by atoms with van der Waals surface area (Å²) in [4.78, 5) is 58.8. The van der Waals surface area contributed by atoms with Gasteiger partial charge in [0.15, 0.2) is 11.6 Å². The number of carbonyl (C=O) groups excluding carboxylic acids is 4. The molecule has 0 bridgehead atoms. The zero-order chi connectivity index (χ0) is 35.4. The number of aromatic hydroxyl groups is 1. The van der Waals surface area contributed by atoms with E-state index in [2.05, 4.69) is 10.2 Å². The lowest BCUT2D eigenvalue weighted by Gasteiger charge is -2.42. The van der Waals surface area contributed by atoms with Crippen molar-refractivity contribution in [3.63, 3.8) is 0 Å². The Labute approximate surface area is 289 Å². The highest BCUT2D eigenvalue weighted by Crippen LogP contribution is 2.58. The summed E-state index contributed by atoms with van der Waals surface area (Å²) in [6, 6.07) is 17.4. The molecule has 1 heterocycles. The van der Waals surface area contributed by atoms with Gasteiger partial charge in [-0.1, -0.05) is 11.6 Å². The highest BCUT2D eigenvalue weighted by molar-refractivity contribution is 6.25. The van der Waals surface area contributed by atoms with E-state index in [1.807, 2.05) is 49.3 Å². The largest absolute Gasteiger partial charge is 0.507 e. The zero-order valence-corrected chi connectivity index (χ0v) is 28.3. The smallest absolute Gasteiger partial charge is 0.238 e. The first-order valence-corrected chi connectivity index (χ1v) is 16.3. The lowest BCUT2D eigenvalue weighted by atomic mass is 9.59. The molecule has 4 aliphatic rings. The second kappa shape index (κ2) is 12.6. The summed E-state index contributed by atoms with van der Waals surface area (Å²) in [7, 11) is 6.83. The van der Waals surface area contributed by atoms with Crippen LogP contribution in [-0.2, 0) is 19.2 Å². The van der Waals surface area contributed by atoms with Gasteiger partial charge in [0, 0.05) is 60.1 Å². The summed E-state index contributed by atoms with van der Waals surface area (Å²) in [5, 5.41) is 20.0. The molecule has 1 aliphatic heterocycles. The minimum atomic E-state index is -0.868. The van der Waals surface area contributed by atoms with Crippen LogP contribution in [0.25, 0.3) is 0 Å². The standard InChI is InChI=1S/C39H36N4O7/c1-20-16-30(44)34-29(37(20)46)19-28-26(35(34)36-31(45)17-25(49-4)18-32(36)50-5)14-15-27-33(28)39(48)43(38(27)47)24-12-8-22(9-13-24)41-40-21-6-10-23(11-7-21)42(2)3/h6-14,16-18,27-28,33,35,45H,15,19H2,1-5H3. The number of nitrogens with zero attached hydrogens (tertiary/aromatic N) is 4. The number of carbonyl (C=O) groups is 4. The van der Waals surface area contributed by atoms with Gasteiger partial charge in [-0.2, -0.15) is 10.2 Å². The van der Waals surface area contributed by atoms with Gasteiger partial charge >= 0.3 is 0 Å². The molecular formula is C39H36N4O7. The third-order valence-corrected chi connectivity index (χ3v) is 10.2. The van der Waals surface area contributed by atoms with Crippen molar-refractivity contribution in [2.45, 2.75) is 25.7 Å². The van der Waals surface area contributed by atoms with Crippen molar-refractivity contribution in [3.8, 4) is 17.2 Å². The molecule has 1 fully saturated rings. The molecule has 0 spiro atoms. The van der Waals surface area contributed by atoms with E-state index >= 15 is 0 Å². The summed E-state index contributed by atoms with van der Waals surface area (Å²) < 4.78 is 11.0. The summed E-state index contributed by atoms with van der Waals surface area (Å²) in [6.45, 7) is 1.59. The number of azo groups is 1. The lowest BCUT2D eigenvalue weighted by Crippen LogP contribution is -2.40. The lowest BCUT2D eigenvalue weighted by molar-refractivity contribution is -0.123. The van der Waals surface area contributed by atoms with Gasteiger partial charge in [-0.15, -0.1) is 0 Å². The second-order valence-corrected chi connectivity index (χ2v) is 13.1. The minimum Gasteiger partial charge on any atom is -0.507 e. The second-order valence-electron chi connectivity index (χ2n) is 13.1. The molecule has 1 N–H and O–H groups in total. The van der Waals surface area contributed by atoms with E-state index in [1.165, 1.54) is 31.3 Å². The highest BCUT2D eigenvalue weighted by Gasteiger charge is 2.57. The molecule has 1 saturated heterocycles. The topological polar surface area (TPSA) is 138 Å². The molecule has 4 atom stereocenters. The number of allylic oxidation sites excluding steroid dienone is 6. The van der Waals surface area contributed by atoms with Gasteiger partial charge in [0.2, 0.25) is 11.8 Å². The summed E-state index contributed by atoms with van der Waals surface area (Å²) in [5.41, 5.74) is 4.55. The predicted molar refractivity (Wildman–Crippen MR) is 186 cm³/mol. The molecule has 7 rings (SSSR count). The maximum atomic E-state index is 14.3. The molecule has 11 heteroatoms. The SMILES string of the molecule is COc1cc(O)c(C2C3=CCC4C(=O)N(c5ccc(N=Nc6ccc(N(C)C)cc6)cc5)C(=O)C4C3CC3=C2C(=O)C=C(C)C3=O)c(OC)c1. The normalized spacial score (nSPS) is 23.0. The fraction of sp³-hybridized carbons (Fsp3) is 0.282. The third kappa shape index (κ3) is 5.29. The van der Waals surface area contributed by atoms with Gasteiger partial charge in [0.05, 0.1) is 43.1 Å². The molecule has 3 aromatic rings. The van der Waals surface area contributed by atoms with Gasteiger partial charge in [0.25, 0.3) is 0 Å². The van der Waals surface area contributed by atoms with E-state index in [0.717, 1.165) is 5.69 Å². The third-order valence-electron chi connectivity index (χ3n) is 10.2. The molecule has 50 heavy (non-hydrogen) atoms. The number of ketones is 2. The van der Waals surface area contributed by atoms with Crippen molar-refractivity contribution in [2.24, 2.45) is 28.0 Å². The van der Waals surface area contributed by atoms with Crippen molar-refractivity contribution in [1.29, 1.82) is 0 Å². The van der Waals surface area contributed by atoms with Gasteiger partial charge in [0.1, 0.15) is 17.2 Å².